The summed E-state index contributed by atoms with van der Waals surface area (Å²) >= 11 is 0. The van der Waals surface area contributed by atoms with E-state index >= 15 is 0 Å². The highest BCUT2D eigenvalue weighted by Gasteiger charge is 2.32. The molecular formula is C16H25NO2S. The van der Waals surface area contributed by atoms with Gasteiger partial charge in [0.2, 0.25) is 0 Å². The van der Waals surface area contributed by atoms with E-state index in [2.05, 4.69) is 26.1 Å². The van der Waals surface area contributed by atoms with Crippen molar-refractivity contribution in [2.45, 2.75) is 51.0 Å². The first kappa shape index (κ1) is 15.4. The summed E-state index contributed by atoms with van der Waals surface area (Å²) in [5.74, 6) is 0.668. The van der Waals surface area contributed by atoms with E-state index in [1.165, 1.54) is 12.7 Å². The molecule has 0 radical (unpaired) electrons. The normalized spacial score (nSPS) is 26.2. The summed E-state index contributed by atoms with van der Waals surface area (Å²) in [6, 6.07) is 7.54. The Labute approximate surface area is 122 Å². The fourth-order valence-electron chi connectivity index (χ4n) is 3.59. The summed E-state index contributed by atoms with van der Waals surface area (Å²) in [6.45, 7) is 6.86. The van der Waals surface area contributed by atoms with Crippen molar-refractivity contribution in [1.82, 2.24) is 0 Å². The highest BCUT2D eigenvalue weighted by atomic mass is 32.2. The number of nitrogens with one attached hydrogen (secondary N) is 1. The molecule has 0 amide bonds. The summed E-state index contributed by atoms with van der Waals surface area (Å²) in [4.78, 5) is 0.399. The third-order valence-electron chi connectivity index (χ3n) is 4.03. The smallest absolute Gasteiger partial charge is 0.177 e. The molecule has 0 aliphatic heterocycles. The summed E-state index contributed by atoms with van der Waals surface area (Å²) in [5.41, 5.74) is 1.06. The molecule has 20 heavy (non-hydrogen) atoms. The molecule has 1 N–H and O–H groups in total. The van der Waals surface area contributed by atoms with Crippen LogP contribution in [0.15, 0.2) is 29.2 Å². The molecule has 0 saturated heterocycles. The minimum atomic E-state index is -3.19. The van der Waals surface area contributed by atoms with E-state index in [4.69, 9.17) is 0 Å². The van der Waals surface area contributed by atoms with Crippen molar-refractivity contribution in [3.63, 3.8) is 0 Å². The van der Waals surface area contributed by atoms with Crippen LogP contribution < -0.4 is 5.32 Å². The molecule has 1 aliphatic rings. The second-order valence-electron chi connectivity index (χ2n) is 7.02. The van der Waals surface area contributed by atoms with E-state index in [-0.39, 0.29) is 0 Å². The minimum Gasteiger partial charge on any atom is -0.381 e. The van der Waals surface area contributed by atoms with Crippen LogP contribution in [0, 0.1) is 11.3 Å². The summed E-state index contributed by atoms with van der Waals surface area (Å²) in [7, 11) is -3.19. The van der Waals surface area contributed by atoms with Crippen LogP contribution in [0.4, 0.5) is 5.69 Å². The SMILES string of the molecule is CC1CC(Nc2ccccc2S(C)(=O)=O)CC(C)(C)C1. The molecule has 1 fully saturated rings. The fourth-order valence-corrected chi connectivity index (χ4v) is 4.44. The average Bonchev–Trinajstić information content (AvgIpc) is 2.25. The van der Waals surface area contributed by atoms with Gasteiger partial charge in [-0.05, 0) is 42.7 Å². The van der Waals surface area contributed by atoms with Gasteiger partial charge < -0.3 is 5.32 Å². The second kappa shape index (κ2) is 5.40. The Morgan fingerprint density at radius 3 is 2.45 bits per heavy atom. The Kier molecular flexibility index (Phi) is 4.14. The van der Waals surface area contributed by atoms with Crippen molar-refractivity contribution >= 4 is 15.5 Å². The molecule has 1 saturated carbocycles. The van der Waals surface area contributed by atoms with Crippen LogP contribution in [0.3, 0.4) is 0 Å². The molecule has 2 unspecified atom stereocenters. The van der Waals surface area contributed by atoms with Gasteiger partial charge in [0, 0.05) is 12.3 Å². The highest BCUT2D eigenvalue weighted by Crippen LogP contribution is 2.40. The first-order valence-electron chi connectivity index (χ1n) is 7.23. The van der Waals surface area contributed by atoms with Crippen LogP contribution in [0.2, 0.25) is 0 Å². The van der Waals surface area contributed by atoms with Gasteiger partial charge in [0.25, 0.3) is 0 Å². The Balaban J connectivity index is 2.23. The minimum absolute atomic E-state index is 0.315. The van der Waals surface area contributed by atoms with E-state index in [0.717, 1.165) is 18.5 Å². The first-order valence-corrected chi connectivity index (χ1v) is 9.12. The number of hydrogen-bond acceptors (Lipinski definition) is 3. The molecule has 1 aromatic carbocycles. The van der Waals surface area contributed by atoms with E-state index in [1.807, 2.05) is 12.1 Å². The number of rotatable bonds is 3. The van der Waals surface area contributed by atoms with Crippen molar-refractivity contribution in [3.05, 3.63) is 24.3 Å². The zero-order valence-electron chi connectivity index (χ0n) is 12.8. The third-order valence-corrected chi connectivity index (χ3v) is 5.19. The maximum atomic E-state index is 11.8. The molecule has 0 aromatic heterocycles. The number of benzene rings is 1. The molecule has 1 aliphatic carbocycles. The van der Waals surface area contributed by atoms with Crippen molar-refractivity contribution < 1.29 is 8.42 Å². The van der Waals surface area contributed by atoms with Crippen molar-refractivity contribution in [3.8, 4) is 0 Å². The zero-order chi connectivity index (χ0) is 15.0. The maximum absolute atomic E-state index is 11.8. The van der Waals surface area contributed by atoms with E-state index in [1.54, 1.807) is 12.1 Å². The predicted molar refractivity (Wildman–Crippen MR) is 83.8 cm³/mol. The van der Waals surface area contributed by atoms with Gasteiger partial charge in [-0.25, -0.2) is 8.42 Å². The Hall–Kier alpha value is -1.03. The van der Waals surface area contributed by atoms with Crippen LogP contribution in [-0.4, -0.2) is 20.7 Å². The van der Waals surface area contributed by atoms with Crippen LogP contribution >= 0.6 is 0 Å². The lowest BCUT2D eigenvalue weighted by atomic mass is 9.70. The number of hydrogen-bond donors (Lipinski definition) is 1. The number of anilines is 1. The van der Waals surface area contributed by atoms with Crippen LogP contribution in [0.5, 0.6) is 0 Å². The lowest BCUT2D eigenvalue weighted by Crippen LogP contribution is -2.35. The lowest BCUT2D eigenvalue weighted by molar-refractivity contribution is 0.178. The lowest BCUT2D eigenvalue weighted by Gasteiger charge is -2.39. The van der Waals surface area contributed by atoms with Gasteiger partial charge in [0.05, 0.1) is 10.6 Å². The third kappa shape index (κ3) is 3.75. The van der Waals surface area contributed by atoms with Crippen LogP contribution in [0.1, 0.15) is 40.0 Å². The maximum Gasteiger partial charge on any atom is 0.177 e. The molecule has 1 aromatic rings. The standard InChI is InChI=1S/C16H25NO2S/c1-12-9-13(11-16(2,3)10-12)17-14-7-5-6-8-15(14)20(4,18)19/h5-8,12-13,17H,9-11H2,1-4H3. The highest BCUT2D eigenvalue weighted by molar-refractivity contribution is 7.90. The molecular weight excluding hydrogens is 270 g/mol. The molecule has 0 spiro atoms. The van der Waals surface area contributed by atoms with Crippen LogP contribution in [-0.2, 0) is 9.84 Å². The largest absolute Gasteiger partial charge is 0.381 e. The zero-order valence-corrected chi connectivity index (χ0v) is 13.6. The van der Waals surface area contributed by atoms with Crippen molar-refractivity contribution in [2.75, 3.05) is 11.6 Å². The molecule has 2 atom stereocenters. The Morgan fingerprint density at radius 2 is 1.85 bits per heavy atom. The van der Waals surface area contributed by atoms with Crippen LogP contribution in [0.25, 0.3) is 0 Å². The summed E-state index contributed by atoms with van der Waals surface area (Å²) < 4.78 is 23.7. The topological polar surface area (TPSA) is 46.2 Å². The molecule has 3 nitrogen and oxygen atoms in total. The quantitative estimate of drug-likeness (QED) is 0.924. The van der Waals surface area contributed by atoms with E-state index in [9.17, 15) is 8.42 Å². The van der Waals surface area contributed by atoms with Crippen molar-refractivity contribution in [1.29, 1.82) is 0 Å². The van der Waals surface area contributed by atoms with Gasteiger partial charge in [-0.3, -0.25) is 0 Å². The molecule has 4 heteroatoms. The second-order valence-corrected chi connectivity index (χ2v) is 9.01. The number of sulfone groups is 1. The van der Waals surface area contributed by atoms with Gasteiger partial charge >= 0.3 is 0 Å². The Morgan fingerprint density at radius 1 is 1.20 bits per heavy atom. The van der Waals surface area contributed by atoms with Gasteiger partial charge in [-0.2, -0.15) is 0 Å². The molecule has 2 rings (SSSR count). The monoisotopic (exact) mass is 295 g/mol. The van der Waals surface area contributed by atoms with Gasteiger partial charge in [0.15, 0.2) is 9.84 Å². The molecule has 0 bridgehead atoms. The Bertz CT molecular complexity index is 578. The average molecular weight is 295 g/mol. The summed E-state index contributed by atoms with van der Waals surface area (Å²) in [5, 5.41) is 3.46. The van der Waals surface area contributed by atoms with E-state index in [0.29, 0.717) is 22.3 Å². The van der Waals surface area contributed by atoms with Gasteiger partial charge in [-0.15, -0.1) is 0 Å². The van der Waals surface area contributed by atoms with Crippen molar-refractivity contribution in [2.24, 2.45) is 11.3 Å². The molecule has 0 heterocycles. The van der Waals surface area contributed by atoms with Gasteiger partial charge in [-0.1, -0.05) is 32.9 Å². The van der Waals surface area contributed by atoms with Gasteiger partial charge in [0.1, 0.15) is 0 Å². The first-order chi connectivity index (χ1) is 9.17. The predicted octanol–water partition coefficient (Wildman–Crippen LogP) is 3.72. The summed E-state index contributed by atoms with van der Waals surface area (Å²) in [6.07, 6.45) is 4.68. The molecule has 112 valence electrons. The number of para-hydroxylation sites is 1. The van der Waals surface area contributed by atoms with E-state index < -0.39 is 9.84 Å². The fraction of sp³-hybridized carbons (Fsp3) is 0.625.